The smallest absolute Gasteiger partial charge is 0.266 e. The highest BCUT2D eigenvalue weighted by Gasteiger charge is 2.11. The first-order valence-corrected chi connectivity index (χ1v) is 8.06. The van der Waals surface area contributed by atoms with Gasteiger partial charge < -0.3 is 0 Å². The molecule has 0 saturated heterocycles. The number of nitrogens with zero attached hydrogens (tertiary/aromatic N) is 3. The van der Waals surface area contributed by atoms with Gasteiger partial charge in [0.05, 0.1) is 4.53 Å². The molecule has 0 bridgehead atoms. The van der Waals surface area contributed by atoms with Crippen LogP contribution in [-0.4, -0.2) is 14.6 Å². The Labute approximate surface area is 136 Å². The number of thiazole rings is 1. The molecule has 112 valence electrons. The second-order valence-electron chi connectivity index (χ2n) is 5.33. The van der Waals surface area contributed by atoms with Gasteiger partial charge >= 0.3 is 0 Å². The lowest BCUT2D eigenvalue weighted by Gasteiger charge is -1.95. The van der Waals surface area contributed by atoms with Gasteiger partial charge in [0, 0.05) is 5.56 Å². The van der Waals surface area contributed by atoms with Crippen molar-refractivity contribution in [2.45, 2.75) is 6.92 Å². The van der Waals surface area contributed by atoms with Crippen molar-refractivity contribution in [1.82, 2.24) is 14.6 Å². The minimum Gasteiger partial charge on any atom is -0.266 e. The van der Waals surface area contributed by atoms with Crippen LogP contribution in [0.1, 0.15) is 11.1 Å². The Hall–Kier alpha value is -2.79. The molecule has 2 aromatic heterocycles. The second kappa shape index (κ2) is 5.44. The summed E-state index contributed by atoms with van der Waals surface area (Å²) in [5, 5.41) is 4.37. The SMILES string of the molecule is Cc1cccc(-c2nc3sc(=Cc4ccccc4)c(=O)n3n2)c1. The van der Waals surface area contributed by atoms with E-state index in [9.17, 15) is 4.79 Å². The number of aromatic nitrogens is 3. The first-order valence-electron chi connectivity index (χ1n) is 7.24. The number of fused-ring (bicyclic) bond motifs is 1. The summed E-state index contributed by atoms with van der Waals surface area (Å²) >= 11 is 1.36. The fourth-order valence-corrected chi connectivity index (χ4v) is 3.35. The summed E-state index contributed by atoms with van der Waals surface area (Å²) < 4.78 is 2.03. The molecule has 4 aromatic rings. The van der Waals surface area contributed by atoms with Crippen LogP contribution in [0.2, 0.25) is 0 Å². The van der Waals surface area contributed by atoms with E-state index in [2.05, 4.69) is 10.1 Å². The van der Waals surface area contributed by atoms with Gasteiger partial charge in [0.25, 0.3) is 5.56 Å². The lowest BCUT2D eigenvalue weighted by molar-refractivity contribution is 0.936. The van der Waals surface area contributed by atoms with E-state index in [4.69, 9.17) is 0 Å². The van der Waals surface area contributed by atoms with Gasteiger partial charge in [-0.05, 0) is 24.6 Å². The third-order valence-corrected chi connectivity index (χ3v) is 4.51. The molecule has 0 radical (unpaired) electrons. The molecule has 4 rings (SSSR count). The molecule has 0 N–H and O–H groups in total. The summed E-state index contributed by atoms with van der Waals surface area (Å²) in [6, 6.07) is 17.7. The zero-order valence-electron chi connectivity index (χ0n) is 12.4. The Morgan fingerprint density at radius 3 is 2.65 bits per heavy atom. The molecule has 0 amide bonds. The van der Waals surface area contributed by atoms with Gasteiger partial charge in [0.15, 0.2) is 5.82 Å². The van der Waals surface area contributed by atoms with Crippen molar-refractivity contribution >= 4 is 22.4 Å². The van der Waals surface area contributed by atoms with E-state index < -0.39 is 0 Å². The zero-order chi connectivity index (χ0) is 15.8. The van der Waals surface area contributed by atoms with E-state index >= 15 is 0 Å². The number of rotatable bonds is 2. The van der Waals surface area contributed by atoms with Crippen LogP contribution in [0.3, 0.4) is 0 Å². The maximum atomic E-state index is 12.5. The average Bonchev–Trinajstić information content (AvgIpc) is 3.09. The minimum atomic E-state index is -0.125. The second-order valence-corrected chi connectivity index (χ2v) is 6.33. The molecule has 2 aromatic carbocycles. The molecule has 0 fully saturated rings. The average molecular weight is 319 g/mol. The molecule has 0 aliphatic carbocycles. The topological polar surface area (TPSA) is 47.3 Å². The number of aryl methyl sites for hydroxylation is 1. The predicted octanol–water partition coefficient (Wildman–Crippen LogP) is 2.67. The van der Waals surface area contributed by atoms with Crippen molar-refractivity contribution in [3.05, 3.63) is 80.6 Å². The first kappa shape index (κ1) is 13.8. The van der Waals surface area contributed by atoms with E-state index in [1.807, 2.05) is 67.6 Å². The van der Waals surface area contributed by atoms with Crippen LogP contribution in [0.15, 0.2) is 59.4 Å². The molecule has 0 saturated carbocycles. The molecule has 0 atom stereocenters. The molecular formula is C18H13N3OS. The van der Waals surface area contributed by atoms with Crippen molar-refractivity contribution in [3.63, 3.8) is 0 Å². The standard InChI is InChI=1S/C18H13N3OS/c1-12-6-5-9-14(10-12)16-19-18-21(20-16)17(22)15(23-18)11-13-7-3-2-4-8-13/h2-11H,1H3. The Kier molecular flexibility index (Phi) is 3.28. The van der Waals surface area contributed by atoms with Gasteiger partial charge in [-0.3, -0.25) is 4.79 Å². The summed E-state index contributed by atoms with van der Waals surface area (Å²) in [5.74, 6) is 0.586. The van der Waals surface area contributed by atoms with E-state index in [1.165, 1.54) is 15.9 Å². The third-order valence-electron chi connectivity index (χ3n) is 3.56. The van der Waals surface area contributed by atoms with E-state index in [1.54, 1.807) is 0 Å². The summed E-state index contributed by atoms with van der Waals surface area (Å²) in [6.07, 6.45) is 1.87. The van der Waals surface area contributed by atoms with Crippen LogP contribution in [0, 0.1) is 6.92 Å². The van der Waals surface area contributed by atoms with Gasteiger partial charge in [-0.2, -0.15) is 9.50 Å². The van der Waals surface area contributed by atoms with Gasteiger partial charge in [-0.1, -0.05) is 65.4 Å². The first-order chi connectivity index (χ1) is 11.2. The van der Waals surface area contributed by atoms with Crippen LogP contribution >= 0.6 is 11.3 Å². The molecule has 5 heteroatoms. The fraction of sp³-hybridized carbons (Fsp3) is 0.0556. The van der Waals surface area contributed by atoms with Crippen LogP contribution < -0.4 is 10.1 Å². The highest BCUT2D eigenvalue weighted by molar-refractivity contribution is 7.15. The third kappa shape index (κ3) is 2.55. The van der Waals surface area contributed by atoms with E-state index in [-0.39, 0.29) is 5.56 Å². The molecule has 0 unspecified atom stereocenters. The molecule has 2 heterocycles. The van der Waals surface area contributed by atoms with Gasteiger partial charge in [0.1, 0.15) is 0 Å². The lowest BCUT2D eigenvalue weighted by atomic mass is 10.1. The quantitative estimate of drug-likeness (QED) is 0.571. The summed E-state index contributed by atoms with van der Waals surface area (Å²) in [4.78, 5) is 17.6. The van der Waals surface area contributed by atoms with E-state index in [0.29, 0.717) is 15.3 Å². The monoisotopic (exact) mass is 319 g/mol. The van der Waals surface area contributed by atoms with Crippen LogP contribution in [-0.2, 0) is 0 Å². The summed E-state index contributed by atoms with van der Waals surface area (Å²) in [5.41, 5.74) is 2.93. The Bertz CT molecular complexity index is 1100. The number of benzene rings is 2. The zero-order valence-corrected chi connectivity index (χ0v) is 13.2. The van der Waals surface area contributed by atoms with Gasteiger partial charge in [0.2, 0.25) is 4.96 Å². The molecule has 0 aliphatic heterocycles. The predicted molar refractivity (Wildman–Crippen MR) is 92.5 cm³/mol. The van der Waals surface area contributed by atoms with Crippen LogP contribution in [0.4, 0.5) is 0 Å². The molecule has 4 nitrogen and oxygen atoms in total. The largest absolute Gasteiger partial charge is 0.291 e. The molecule has 23 heavy (non-hydrogen) atoms. The summed E-state index contributed by atoms with van der Waals surface area (Å²) in [6.45, 7) is 2.02. The summed E-state index contributed by atoms with van der Waals surface area (Å²) in [7, 11) is 0. The minimum absolute atomic E-state index is 0.125. The Balaban J connectivity index is 1.84. The van der Waals surface area contributed by atoms with Crippen molar-refractivity contribution in [2.75, 3.05) is 0 Å². The molecule has 0 spiro atoms. The van der Waals surface area contributed by atoms with Crippen molar-refractivity contribution < 1.29 is 0 Å². The highest BCUT2D eigenvalue weighted by atomic mass is 32.1. The molecular weight excluding hydrogens is 306 g/mol. The number of hydrogen-bond acceptors (Lipinski definition) is 4. The van der Waals surface area contributed by atoms with Crippen LogP contribution in [0.25, 0.3) is 22.4 Å². The van der Waals surface area contributed by atoms with Crippen molar-refractivity contribution in [1.29, 1.82) is 0 Å². The highest BCUT2D eigenvalue weighted by Crippen LogP contribution is 2.17. The van der Waals surface area contributed by atoms with Gasteiger partial charge in [-0.25, -0.2) is 0 Å². The normalized spacial score (nSPS) is 12.1. The van der Waals surface area contributed by atoms with Crippen LogP contribution in [0.5, 0.6) is 0 Å². The van der Waals surface area contributed by atoms with Gasteiger partial charge in [-0.15, -0.1) is 5.10 Å². The van der Waals surface area contributed by atoms with Crippen molar-refractivity contribution in [2.24, 2.45) is 0 Å². The Morgan fingerprint density at radius 2 is 1.91 bits per heavy atom. The van der Waals surface area contributed by atoms with E-state index in [0.717, 1.165) is 16.7 Å². The lowest BCUT2D eigenvalue weighted by Crippen LogP contribution is -2.23. The maximum Gasteiger partial charge on any atom is 0.291 e. The maximum absolute atomic E-state index is 12.5. The number of hydrogen-bond donors (Lipinski definition) is 0. The Morgan fingerprint density at radius 1 is 1.09 bits per heavy atom. The van der Waals surface area contributed by atoms with Crippen molar-refractivity contribution in [3.8, 4) is 11.4 Å². The fourth-order valence-electron chi connectivity index (χ4n) is 2.44. The molecule has 0 aliphatic rings.